The molecule has 2 N–H and O–H groups in total. The second kappa shape index (κ2) is 4.91. The molecule has 0 aliphatic heterocycles. The first-order valence-electron chi connectivity index (χ1n) is 5.60. The van der Waals surface area contributed by atoms with Crippen molar-refractivity contribution in [3.63, 3.8) is 0 Å². The normalized spacial score (nSPS) is 10.3. The van der Waals surface area contributed by atoms with Gasteiger partial charge in [-0.2, -0.15) is 5.10 Å². The summed E-state index contributed by atoms with van der Waals surface area (Å²) in [6.45, 7) is 2.31. The molecule has 1 aromatic carbocycles. The van der Waals surface area contributed by atoms with E-state index in [0.29, 0.717) is 12.1 Å². The number of rotatable bonds is 3. The van der Waals surface area contributed by atoms with Crippen LogP contribution in [0.2, 0.25) is 0 Å². The molecule has 0 radical (unpaired) electrons. The molecule has 18 heavy (non-hydrogen) atoms. The minimum Gasteiger partial charge on any atom is -0.507 e. The molecule has 1 aromatic heterocycles. The maximum absolute atomic E-state index is 12.1. The zero-order chi connectivity index (χ0) is 13.1. The minimum atomic E-state index is -0.214. The van der Waals surface area contributed by atoms with Gasteiger partial charge in [-0.3, -0.25) is 9.89 Å². The zero-order valence-corrected chi connectivity index (χ0v) is 10.3. The first-order valence-corrected chi connectivity index (χ1v) is 5.60. The number of benzene rings is 1. The highest BCUT2D eigenvalue weighted by atomic mass is 16.3. The number of aromatic amines is 1. The van der Waals surface area contributed by atoms with Crippen LogP contribution in [0.25, 0.3) is 0 Å². The summed E-state index contributed by atoms with van der Waals surface area (Å²) in [5.41, 5.74) is 2.14. The highest BCUT2D eigenvalue weighted by Crippen LogP contribution is 2.20. The van der Waals surface area contributed by atoms with Crippen molar-refractivity contribution in [2.24, 2.45) is 0 Å². The average Bonchev–Trinajstić information content (AvgIpc) is 2.81. The van der Waals surface area contributed by atoms with Crippen LogP contribution in [-0.4, -0.2) is 33.2 Å². The van der Waals surface area contributed by atoms with Crippen molar-refractivity contribution >= 4 is 5.91 Å². The Morgan fingerprint density at radius 2 is 2.28 bits per heavy atom. The summed E-state index contributed by atoms with van der Waals surface area (Å²) < 4.78 is 0. The molecule has 0 spiro atoms. The van der Waals surface area contributed by atoms with Crippen LogP contribution in [0.3, 0.4) is 0 Å². The van der Waals surface area contributed by atoms with Crippen LogP contribution in [-0.2, 0) is 6.54 Å². The SMILES string of the molecule is Cc1ccc(C(=O)N(C)Cc2cn[nH]c2)c(O)c1. The molecule has 0 unspecified atom stereocenters. The van der Waals surface area contributed by atoms with E-state index in [0.717, 1.165) is 11.1 Å². The third kappa shape index (κ3) is 2.51. The standard InChI is InChI=1S/C13H15N3O2/c1-9-3-4-11(12(17)5-9)13(18)16(2)8-10-6-14-15-7-10/h3-7,17H,8H2,1-2H3,(H,14,15). The summed E-state index contributed by atoms with van der Waals surface area (Å²) in [6.07, 6.45) is 3.40. The molecule has 2 aromatic rings. The highest BCUT2D eigenvalue weighted by molar-refractivity contribution is 5.96. The molecule has 0 fully saturated rings. The Hall–Kier alpha value is -2.30. The van der Waals surface area contributed by atoms with Crippen LogP contribution in [0.15, 0.2) is 30.6 Å². The van der Waals surface area contributed by atoms with Crippen LogP contribution in [0, 0.1) is 6.92 Å². The van der Waals surface area contributed by atoms with E-state index in [1.807, 2.05) is 6.92 Å². The zero-order valence-electron chi connectivity index (χ0n) is 10.3. The average molecular weight is 245 g/mol. The van der Waals surface area contributed by atoms with Gasteiger partial charge in [0.15, 0.2) is 0 Å². The molecule has 2 rings (SSSR count). The molecular weight excluding hydrogens is 230 g/mol. The summed E-state index contributed by atoms with van der Waals surface area (Å²) in [5, 5.41) is 16.3. The number of nitrogens with one attached hydrogen (secondary N) is 1. The molecule has 0 bridgehead atoms. The van der Waals surface area contributed by atoms with Gasteiger partial charge in [0.25, 0.3) is 5.91 Å². The fourth-order valence-electron chi connectivity index (χ4n) is 1.74. The lowest BCUT2D eigenvalue weighted by molar-refractivity contribution is 0.0782. The Morgan fingerprint density at radius 1 is 1.50 bits per heavy atom. The van der Waals surface area contributed by atoms with Gasteiger partial charge in [-0.25, -0.2) is 0 Å². The molecule has 1 heterocycles. The molecule has 0 saturated carbocycles. The number of aromatic nitrogens is 2. The van der Waals surface area contributed by atoms with Gasteiger partial charge in [0, 0.05) is 25.4 Å². The predicted molar refractivity (Wildman–Crippen MR) is 67.2 cm³/mol. The van der Waals surface area contributed by atoms with E-state index in [1.54, 1.807) is 37.6 Å². The number of H-pyrrole nitrogens is 1. The summed E-state index contributed by atoms with van der Waals surface area (Å²) in [5.74, 6) is -0.201. The molecule has 5 heteroatoms. The van der Waals surface area contributed by atoms with Crippen LogP contribution >= 0.6 is 0 Å². The molecule has 94 valence electrons. The molecule has 0 aliphatic carbocycles. The van der Waals surface area contributed by atoms with Gasteiger partial charge in [0.1, 0.15) is 5.75 Å². The Labute approximate surface area is 105 Å². The molecular formula is C13H15N3O2. The van der Waals surface area contributed by atoms with Crippen molar-refractivity contribution in [2.45, 2.75) is 13.5 Å². The van der Waals surface area contributed by atoms with E-state index in [4.69, 9.17) is 0 Å². The lowest BCUT2D eigenvalue weighted by atomic mass is 10.1. The van der Waals surface area contributed by atoms with Gasteiger partial charge in [-0.05, 0) is 24.6 Å². The molecule has 0 saturated heterocycles. The lowest BCUT2D eigenvalue weighted by Crippen LogP contribution is -2.26. The Kier molecular flexibility index (Phi) is 3.32. The van der Waals surface area contributed by atoms with Gasteiger partial charge < -0.3 is 10.0 Å². The van der Waals surface area contributed by atoms with Gasteiger partial charge in [-0.15, -0.1) is 0 Å². The lowest BCUT2D eigenvalue weighted by Gasteiger charge is -2.17. The summed E-state index contributed by atoms with van der Waals surface area (Å²) in [7, 11) is 1.69. The van der Waals surface area contributed by atoms with Gasteiger partial charge >= 0.3 is 0 Å². The number of hydrogen-bond acceptors (Lipinski definition) is 3. The van der Waals surface area contributed by atoms with E-state index in [2.05, 4.69) is 10.2 Å². The number of carbonyl (C=O) groups excluding carboxylic acids is 1. The number of carbonyl (C=O) groups is 1. The van der Waals surface area contributed by atoms with E-state index < -0.39 is 0 Å². The maximum atomic E-state index is 12.1. The number of amides is 1. The van der Waals surface area contributed by atoms with Gasteiger partial charge in [0.2, 0.25) is 0 Å². The number of nitrogens with zero attached hydrogens (tertiary/aromatic N) is 2. The molecule has 1 amide bonds. The smallest absolute Gasteiger partial charge is 0.257 e. The van der Waals surface area contributed by atoms with Crippen LogP contribution in [0.1, 0.15) is 21.5 Å². The van der Waals surface area contributed by atoms with E-state index in [1.165, 1.54) is 4.90 Å². The fraction of sp³-hybridized carbons (Fsp3) is 0.231. The second-order valence-electron chi connectivity index (χ2n) is 4.29. The predicted octanol–water partition coefficient (Wildman–Crippen LogP) is 1.70. The molecule has 0 atom stereocenters. The second-order valence-corrected chi connectivity index (χ2v) is 4.29. The number of phenols is 1. The van der Waals surface area contributed by atoms with E-state index in [-0.39, 0.29) is 11.7 Å². The minimum absolute atomic E-state index is 0.0130. The van der Waals surface area contributed by atoms with Crippen molar-refractivity contribution in [1.29, 1.82) is 0 Å². The first-order chi connectivity index (χ1) is 8.58. The van der Waals surface area contributed by atoms with Crippen molar-refractivity contribution in [3.05, 3.63) is 47.3 Å². The third-order valence-electron chi connectivity index (χ3n) is 2.70. The van der Waals surface area contributed by atoms with E-state index >= 15 is 0 Å². The van der Waals surface area contributed by atoms with Crippen molar-refractivity contribution < 1.29 is 9.90 Å². The summed E-state index contributed by atoms with van der Waals surface area (Å²) >= 11 is 0. The maximum Gasteiger partial charge on any atom is 0.257 e. The topological polar surface area (TPSA) is 69.2 Å². The third-order valence-corrected chi connectivity index (χ3v) is 2.70. The number of phenolic OH excluding ortho intramolecular Hbond substituents is 1. The van der Waals surface area contributed by atoms with Gasteiger partial charge in [-0.1, -0.05) is 6.07 Å². The molecule has 5 nitrogen and oxygen atoms in total. The summed E-state index contributed by atoms with van der Waals surface area (Å²) in [4.78, 5) is 13.7. The number of aromatic hydroxyl groups is 1. The number of aryl methyl sites for hydroxylation is 1. The Bertz CT molecular complexity index is 549. The van der Waals surface area contributed by atoms with Crippen LogP contribution < -0.4 is 0 Å². The quantitative estimate of drug-likeness (QED) is 0.864. The monoisotopic (exact) mass is 245 g/mol. The van der Waals surface area contributed by atoms with Crippen molar-refractivity contribution in [3.8, 4) is 5.75 Å². The number of hydrogen-bond donors (Lipinski definition) is 2. The molecule has 0 aliphatic rings. The van der Waals surface area contributed by atoms with Crippen LogP contribution in [0.4, 0.5) is 0 Å². The Balaban J connectivity index is 2.15. The highest BCUT2D eigenvalue weighted by Gasteiger charge is 2.16. The first kappa shape index (κ1) is 12.2. The summed E-state index contributed by atoms with van der Waals surface area (Å²) in [6, 6.07) is 5.02. The Morgan fingerprint density at radius 3 is 2.89 bits per heavy atom. The fourth-order valence-corrected chi connectivity index (χ4v) is 1.74. The van der Waals surface area contributed by atoms with Gasteiger partial charge in [0.05, 0.1) is 11.8 Å². The van der Waals surface area contributed by atoms with E-state index in [9.17, 15) is 9.90 Å². The van der Waals surface area contributed by atoms with Crippen LogP contribution in [0.5, 0.6) is 5.75 Å². The van der Waals surface area contributed by atoms with Crippen molar-refractivity contribution in [1.82, 2.24) is 15.1 Å². The largest absolute Gasteiger partial charge is 0.507 e. The van der Waals surface area contributed by atoms with Crippen molar-refractivity contribution in [2.75, 3.05) is 7.05 Å².